The second kappa shape index (κ2) is 5.83. The minimum absolute atomic E-state index is 0.566. The summed E-state index contributed by atoms with van der Waals surface area (Å²) in [5.74, 6) is 0.566. The third kappa shape index (κ3) is 2.44. The van der Waals surface area contributed by atoms with Crippen molar-refractivity contribution in [2.45, 2.75) is 58.0 Å². The molecule has 0 spiro atoms. The molecule has 0 saturated heterocycles. The Morgan fingerprint density at radius 1 is 1.22 bits per heavy atom. The fourth-order valence-electron chi connectivity index (χ4n) is 4.68. The number of aromatic nitrogens is 1. The largest absolute Gasteiger partial charge is 0.347 e. The lowest BCUT2D eigenvalue weighted by Gasteiger charge is -2.40. The standard InChI is InChI=1S/C21H28N2/c1-4-5-6-10-23-14-16-12-20-18(11-15(2)13-22(20)3)17-8-7-9-19(23)21(16)17/h7-9,11,14,18,20H,4-6,10,12-13H2,1-3H3/t18-,20-/m1/s1. The van der Waals surface area contributed by atoms with Gasteiger partial charge in [0, 0.05) is 42.1 Å². The average molecular weight is 308 g/mol. The van der Waals surface area contributed by atoms with Crippen LogP contribution in [0.2, 0.25) is 0 Å². The van der Waals surface area contributed by atoms with Gasteiger partial charge in [-0.05, 0) is 44.0 Å². The van der Waals surface area contributed by atoms with Gasteiger partial charge in [0.2, 0.25) is 0 Å². The zero-order chi connectivity index (χ0) is 16.0. The Morgan fingerprint density at radius 2 is 2.09 bits per heavy atom. The first-order valence-electron chi connectivity index (χ1n) is 9.17. The summed E-state index contributed by atoms with van der Waals surface area (Å²) in [7, 11) is 2.29. The zero-order valence-corrected chi connectivity index (χ0v) is 14.7. The lowest BCUT2D eigenvalue weighted by molar-refractivity contribution is 0.224. The molecular formula is C21H28N2. The van der Waals surface area contributed by atoms with Gasteiger partial charge in [0.15, 0.2) is 0 Å². The molecule has 1 aromatic heterocycles. The van der Waals surface area contributed by atoms with Crippen molar-refractivity contribution < 1.29 is 0 Å². The van der Waals surface area contributed by atoms with Crippen LogP contribution in [-0.4, -0.2) is 29.1 Å². The molecule has 1 aliphatic carbocycles. The van der Waals surface area contributed by atoms with Crippen LogP contribution >= 0.6 is 0 Å². The summed E-state index contributed by atoms with van der Waals surface area (Å²) in [4.78, 5) is 2.55. The molecule has 0 amide bonds. The number of unbranched alkanes of at least 4 members (excludes halogenated alkanes) is 2. The van der Waals surface area contributed by atoms with Crippen LogP contribution in [0.5, 0.6) is 0 Å². The second-order valence-electron chi connectivity index (χ2n) is 7.52. The highest BCUT2D eigenvalue weighted by Gasteiger charge is 2.35. The normalized spacial score (nSPS) is 23.9. The highest BCUT2D eigenvalue weighted by molar-refractivity contribution is 5.89. The molecule has 4 rings (SSSR count). The van der Waals surface area contributed by atoms with Crippen LogP contribution in [0.4, 0.5) is 0 Å². The van der Waals surface area contributed by atoms with Gasteiger partial charge in [0.1, 0.15) is 0 Å². The summed E-state index contributed by atoms with van der Waals surface area (Å²) >= 11 is 0. The van der Waals surface area contributed by atoms with Gasteiger partial charge in [-0.15, -0.1) is 0 Å². The molecule has 0 bridgehead atoms. The predicted octanol–water partition coefficient (Wildman–Crippen LogP) is 4.73. The highest BCUT2D eigenvalue weighted by Crippen LogP contribution is 2.42. The van der Waals surface area contributed by atoms with E-state index in [1.807, 2.05) is 0 Å². The van der Waals surface area contributed by atoms with E-state index in [2.05, 4.69) is 60.8 Å². The summed E-state index contributed by atoms with van der Waals surface area (Å²) in [5.41, 5.74) is 6.07. The molecular weight excluding hydrogens is 280 g/mol. The minimum atomic E-state index is 0.566. The summed E-state index contributed by atoms with van der Waals surface area (Å²) in [6.45, 7) is 6.83. The van der Waals surface area contributed by atoms with Crippen molar-refractivity contribution in [3.8, 4) is 0 Å². The fourth-order valence-corrected chi connectivity index (χ4v) is 4.68. The van der Waals surface area contributed by atoms with E-state index in [-0.39, 0.29) is 0 Å². The quantitative estimate of drug-likeness (QED) is 0.585. The minimum Gasteiger partial charge on any atom is -0.347 e. The molecule has 1 aliphatic heterocycles. The van der Waals surface area contributed by atoms with Gasteiger partial charge in [-0.1, -0.05) is 43.5 Å². The van der Waals surface area contributed by atoms with Crippen LogP contribution in [0.25, 0.3) is 10.9 Å². The lowest BCUT2D eigenvalue weighted by Crippen LogP contribution is -2.43. The van der Waals surface area contributed by atoms with E-state index in [0.717, 1.165) is 13.1 Å². The molecule has 2 aromatic rings. The predicted molar refractivity (Wildman–Crippen MR) is 98.1 cm³/mol. The number of rotatable bonds is 4. The van der Waals surface area contributed by atoms with E-state index in [0.29, 0.717) is 12.0 Å². The number of hydrogen-bond acceptors (Lipinski definition) is 1. The molecule has 0 saturated carbocycles. The first kappa shape index (κ1) is 15.0. The van der Waals surface area contributed by atoms with Crippen LogP contribution in [0, 0.1) is 0 Å². The molecule has 2 atom stereocenters. The molecule has 2 heteroatoms. The van der Waals surface area contributed by atoms with E-state index in [1.165, 1.54) is 36.8 Å². The summed E-state index contributed by atoms with van der Waals surface area (Å²) < 4.78 is 2.51. The Balaban J connectivity index is 1.80. The van der Waals surface area contributed by atoms with E-state index < -0.39 is 0 Å². The van der Waals surface area contributed by atoms with Crippen LogP contribution in [0.1, 0.15) is 50.2 Å². The zero-order valence-electron chi connectivity index (χ0n) is 14.7. The average Bonchev–Trinajstić information content (AvgIpc) is 2.88. The van der Waals surface area contributed by atoms with Gasteiger partial charge >= 0.3 is 0 Å². The van der Waals surface area contributed by atoms with E-state index in [4.69, 9.17) is 0 Å². The molecule has 2 nitrogen and oxygen atoms in total. The van der Waals surface area contributed by atoms with Crippen molar-refractivity contribution in [2.75, 3.05) is 13.6 Å². The number of benzene rings is 1. The Bertz CT molecular complexity index is 753. The van der Waals surface area contributed by atoms with Gasteiger partial charge < -0.3 is 4.57 Å². The Labute approximate surface area is 139 Å². The van der Waals surface area contributed by atoms with E-state index in [9.17, 15) is 0 Å². The maximum absolute atomic E-state index is 2.55. The number of hydrogen-bond donors (Lipinski definition) is 0. The van der Waals surface area contributed by atoms with Gasteiger partial charge in [0.25, 0.3) is 0 Å². The summed E-state index contributed by atoms with van der Waals surface area (Å²) in [6.07, 6.45) is 10.1. The monoisotopic (exact) mass is 308 g/mol. The van der Waals surface area contributed by atoms with Crippen molar-refractivity contribution in [3.63, 3.8) is 0 Å². The lowest BCUT2D eigenvalue weighted by atomic mass is 9.77. The highest BCUT2D eigenvalue weighted by atomic mass is 15.1. The van der Waals surface area contributed by atoms with E-state index >= 15 is 0 Å². The SMILES string of the molecule is CCCCCn1cc2c3c(cccc31)[C@H]1C=C(C)CN(C)[C@@H]1C2. The number of fused-ring (bicyclic) bond motifs is 2. The maximum atomic E-state index is 2.55. The van der Waals surface area contributed by atoms with Gasteiger partial charge in [-0.3, -0.25) is 4.90 Å². The number of aryl methyl sites for hydroxylation is 1. The molecule has 0 unspecified atom stereocenters. The molecule has 122 valence electrons. The second-order valence-corrected chi connectivity index (χ2v) is 7.52. The Morgan fingerprint density at radius 3 is 2.91 bits per heavy atom. The molecule has 0 fully saturated rings. The molecule has 2 aliphatic rings. The molecule has 1 aromatic carbocycles. The van der Waals surface area contributed by atoms with Crippen LogP contribution < -0.4 is 0 Å². The van der Waals surface area contributed by atoms with Crippen molar-refractivity contribution in [1.29, 1.82) is 0 Å². The molecule has 23 heavy (non-hydrogen) atoms. The summed E-state index contributed by atoms with van der Waals surface area (Å²) in [5, 5.41) is 1.55. The Kier molecular flexibility index (Phi) is 3.81. The number of nitrogens with zero attached hydrogens (tertiary/aromatic N) is 2. The van der Waals surface area contributed by atoms with Crippen LogP contribution in [-0.2, 0) is 13.0 Å². The van der Waals surface area contributed by atoms with Crippen LogP contribution in [0.3, 0.4) is 0 Å². The van der Waals surface area contributed by atoms with Gasteiger partial charge in [-0.2, -0.15) is 0 Å². The smallest absolute Gasteiger partial charge is 0.0486 e. The third-order valence-electron chi connectivity index (χ3n) is 5.75. The van der Waals surface area contributed by atoms with Crippen molar-refractivity contribution in [2.24, 2.45) is 0 Å². The molecule has 0 N–H and O–H groups in total. The maximum Gasteiger partial charge on any atom is 0.0486 e. The topological polar surface area (TPSA) is 8.17 Å². The first-order chi connectivity index (χ1) is 11.2. The summed E-state index contributed by atoms with van der Waals surface area (Å²) in [6, 6.07) is 7.57. The van der Waals surface area contributed by atoms with Gasteiger partial charge in [-0.25, -0.2) is 0 Å². The first-order valence-corrected chi connectivity index (χ1v) is 9.17. The van der Waals surface area contributed by atoms with Crippen molar-refractivity contribution >= 4 is 10.9 Å². The fraction of sp³-hybridized carbons (Fsp3) is 0.524. The van der Waals surface area contributed by atoms with E-state index in [1.54, 1.807) is 16.5 Å². The Hall–Kier alpha value is -1.54. The van der Waals surface area contributed by atoms with Crippen LogP contribution in [0.15, 0.2) is 36.0 Å². The van der Waals surface area contributed by atoms with Crippen molar-refractivity contribution in [1.82, 2.24) is 9.47 Å². The van der Waals surface area contributed by atoms with Crippen molar-refractivity contribution in [3.05, 3.63) is 47.2 Å². The third-order valence-corrected chi connectivity index (χ3v) is 5.75. The molecule has 0 radical (unpaired) electrons. The molecule has 2 heterocycles. The number of likely N-dealkylation sites (N-methyl/N-ethyl adjacent to an activating group) is 1. The van der Waals surface area contributed by atoms with Gasteiger partial charge in [0.05, 0.1) is 0 Å².